The third kappa shape index (κ3) is 5.06. The van der Waals surface area contributed by atoms with Crippen LogP contribution in [0, 0.1) is 0 Å². The molecule has 132 valence electrons. The molecule has 2 heterocycles. The molecule has 3 rings (SSSR count). The van der Waals surface area contributed by atoms with Crippen LogP contribution in [0.5, 0.6) is 0 Å². The number of thioether (sulfide) groups is 2. The van der Waals surface area contributed by atoms with Gasteiger partial charge in [-0.15, -0.1) is 23.5 Å². The largest absolute Gasteiger partial charge is 0.459 e. The van der Waals surface area contributed by atoms with Crippen LogP contribution in [0.15, 0.2) is 47.1 Å². The molecule has 2 amide bonds. The SMILES string of the molecule is O=C(NCCNC(=O)c1ccco1)c1ccc(C2SCCCS2)cc1. The minimum absolute atomic E-state index is 0.136. The van der Waals surface area contributed by atoms with Crippen LogP contribution in [0.1, 0.15) is 37.5 Å². The van der Waals surface area contributed by atoms with E-state index in [-0.39, 0.29) is 17.6 Å². The minimum Gasteiger partial charge on any atom is -0.459 e. The van der Waals surface area contributed by atoms with E-state index in [0.29, 0.717) is 23.2 Å². The second-order valence-electron chi connectivity index (χ2n) is 5.54. The van der Waals surface area contributed by atoms with E-state index in [0.717, 1.165) is 0 Å². The van der Waals surface area contributed by atoms with Gasteiger partial charge in [-0.3, -0.25) is 9.59 Å². The lowest BCUT2D eigenvalue weighted by molar-refractivity contribution is 0.0910. The van der Waals surface area contributed by atoms with Gasteiger partial charge in [-0.1, -0.05) is 12.1 Å². The monoisotopic (exact) mass is 376 g/mol. The van der Waals surface area contributed by atoms with Crippen molar-refractivity contribution in [3.05, 3.63) is 59.5 Å². The summed E-state index contributed by atoms with van der Waals surface area (Å²) < 4.78 is 5.48. The number of carbonyl (C=O) groups excluding carboxylic acids is 2. The van der Waals surface area contributed by atoms with Crippen molar-refractivity contribution >= 4 is 35.3 Å². The van der Waals surface area contributed by atoms with Gasteiger partial charge in [0.05, 0.1) is 10.8 Å². The van der Waals surface area contributed by atoms with E-state index in [4.69, 9.17) is 4.42 Å². The summed E-state index contributed by atoms with van der Waals surface area (Å²) in [5, 5.41) is 5.50. The zero-order valence-corrected chi connectivity index (χ0v) is 15.3. The molecule has 7 heteroatoms. The Kier molecular flexibility index (Phi) is 6.47. The Balaban J connectivity index is 1.42. The first kappa shape index (κ1) is 17.9. The predicted molar refractivity (Wildman–Crippen MR) is 102 cm³/mol. The van der Waals surface area contributed by atoms with Crippen molar-refractivity contribution in [3.8, 4) is 0 Å². The number of benzene rings is 1. The van der Waals surface area contributed by atoms with E-state index < -0.39 is 0 Å². The van der Waals surface area contributed by atoms with Crippen molar-refractivity contribution in [1.82, 2.24) is 10.6 Å². The lowest BCUT2D eigenvalue weighted by Crippen LogP contribution is -2.34. The zero-order valence-electron chi connectivity index (χ0n) is 13.7. The van der Waals surface area contributed by atoms with Crippen LogP contribution in [0.3, 0.4) is 0 Å². The van der Waals surface area contributed by atoms with Crippen molar-refractivity contribution in [2.45, 2.75) is 11.0 Å². The van der Waals surface area contributed by atoms with Gasteiger partial charge in [0.1, 0.15) is 0 Å². The molecule has 5 nitrogen and oxygen atoms in total. The minimum atomic E-state index is -0.286. The molecule has 0 unspecified atom stereocenters. The summed E-state index contributed by atoms with van der Waals surface area (Å²) in [6.07, 6.45) is 2.72. The summed E-state index contributed by atoms with van der Waals surface area (Å²) >= 11 is 3.93. The van der Waals surface area contributed by atoms with E-state index >= 15 is 0 Å². The van der Waals surface area contributed by atoms with E-state index in [1.54, 1.807) is 12.1 Å². The first-order chi connectivity index (χ1) is 12.2. The normalized spacial score (nSPS) is 14.9. The molecule has 2 aromatic rings. The molecule has 1 aliphatic heterocycles. The third-order valence-corrected chi connectivity index (χ3v) is 6.73. The fourth-order valence-corrected chi connectivity index (χ4v) is 5.32. The molecular formula is C18H20N2O3S2. The smallest absolute Gasteiger partial charge is 0.287 e. The summed E-state index contributed by atoms with van der Waals surface area (Å²) in [7, 11) is 0. The molecule has 1 aliphatic rings. The van der Waals surface area contributed by atoms with E-state index in [1.807, 2.05) is 47.8 Å². The van der Waals surface area contributed by atoms with E-state index in [1.165, 1.54) is 29.8 Å². The maximum atomic E-state index is 12.2. The molecule has 0 atom stereocenters. The van der Waals surface area contributed by atoms with Crippen LogP contribution in [0.25, 0.3) is 0 Å². The number of furan rings is 1. The van der Waals surface area contributed by atoms with Crippen molar-refractivity contribution in [1.29, 1.82) is 0 Å². The first-order valence-electron chi connectivity index (χ1n) is 8.17. The summed E-state index contributed by atoms with van der Waals surface area (Å²) in [6.45, 7) is 0.708. The Morgan fingerprint density at radius 1 is 1.00 bits per heavy atom. The second-order valence-corrected chi connectivity index (χ2v) is 8.26. The van der Waals surface area contributed by atoms with Crippen molar-refractivity contribution in [2.24, 2.45) is 0 Å². The molecule has 1 aromatic carbocycles. The highest BCUT2D eigenvalue weighted by molar-refractivity contribution is 8.16. The number of hydrogen-bond acceptors (Lipinski definition) is 5. The van der Waals surface area contributed by atoms with Crippen molar-refractivity contribution in [3.63, 3.8) is 0 Å². The quantitative estimate of drug-likeness (QED) is 0.757. The van der Waals surface area contributed by atoms with E-state index in [9.17, 15) is 9.59 Å². The molecular weight excluding hydrogens is 356 g/mol. The van der Waals surface area contributed by atoms with Gasteiger partial charge < -0.3 is 15.1 Å². The number of carbonyl (C=O) groups is 2. The van der Waals surface area contributed by atoms with Gasteiger partial charge in [0.25, 0.3) is 11.8 Å². The molecule has 0 aliphatic carbocycles. The van der Waals surface area contributed by atoms with Gasteiger partial charge in [0.2, 0.25) is 0 Å². The van der Waals surface area contributed by atoms with Crippen LogP contribution in [-0.2, 0) is 0 Å². The highest BCUT2D eigenvalue weighted by Gasteiger charge is 2.17. The molecule has 0 spiro atoms. The van der Waals surface area contributed by atoms with Crippen LogP contribution >= 0.6 is 23.5 Å². The molecule has 0 bridgehead atoms. The number of amides is 2. The van der Waals surface area contributed by atoms with Crippen LogP contribution in [0.2, 0.25) is 0 Å². The Hall–Kier alpha value is -1.86. The third-order valence-electron chi connectivity index (χ3n) is 3.71. The Morgan fingerprint density at radius 2 is 1.68 bits per heavy atom. The van der Waals surface area contributed by atoms with Crippen molar-refractivity contribution in [2.75, 3.05) is 24.6 Å². The van der Waals surface area contributed by atoms with E-state index in [2.05, 4.69) is 10.6 Å². The summed E-state index contributed by atoms with van der Waals surface area (Å²) in [5.41, 5.74) is 1.89. The molecule has 1 saturated heterocycles. The molecule has 25 heavy (non-hydrogen) atoms. The van der Waals surface area contributed by atoms with Gasteiger partial charge in [0.15, 0.2) is 5.76 Å². The number of hydrogen-bond donors (Lipinski definition) is 2. The lowest BCUT2D eigenvalue weighted by atomic mass is 10.1. The standard InChI is InChI=1S/C18H20N2O3S2/c21-16(19-8-9-20-17(22)15-3-1-10-23-15)13-4-6-14(7-5-13)18-24-11-2-12-25-18/h1,3-7,10,18H,2,8-9,11-12H2,(H,19,21)(H,20,22). The number of rotatable bonds is 6. The molecule has 2 N–H and O–H groups in total. The van der Waals surface area contributed by atoms with Gasteiger partial charge in [-0.25, -0.2) is 0 Å². The van der Waals surface area contributed by atoms with Crippen LogP contribution in [0.4, 0.5) is 0 Å². The summed E-state index contributed by atoms with van der Waals surface area (Å²) in [6, 6.07) is 11.0. The molecule has 0 radical (unpaired) electrons. The Labute approximate surface area is 155 Å². The molecule has 1 fully saturated rings. The van der Waals surface area contributed by atoms with Crippen LogP contribution < -0.4 is 10.6 Å². The molecule has 1 aromatic heterocycles. The lowest BCUT2D eigenvalue weighted by Gasteiger charge is -2.21. The zero-order chi connectivity index (χ0) is 17.5. The Bertz CT molecular complexity index is 696. The maximum Gasteiger partial charge on any atom is 0.287 e. The molecule has 0 saturated carbocycles. The highest BCUT2D eigenvalue weighted by Crippen LogP contribution is 2.43. The summed E-state index contributed by atoms with van der Waals surface area (Å²) in [5.74, 6) is 2.24. The summed E-state index contributed by atoms with van der Waals surface area (Å²) in [4.78, 5) is 23.8. The van der Waals surface area contributed by atoms with Gasteiger partial charge in [-0.05, 0) is 47.8 Å². The first-order valence-corrected chi connectivity index (χ1v) is 10.3. The highest BCUT2D eigenvalue weighted by atomic mass is 32.2. The van der Waals surface area contributed by atoms with Gasteiger partial charge >= 0.3 is 0 Å². The Morgan fingerprint density at radius 3 is 2.32 bits per heavy atom. The van der Waals surface area contributed by atoms with Crippen LogP contribution in [-0.4, -0.2) is 36.4 Å². The topological polar surface area (TPSA) is 71.3 Å². The van der Waals surface area contributed by atoms with Crippen molar-refractivity contribution < 1.29 is 14.0 Å². The maximum absolute atomic E-state index is 12.2. The van der Waals surface area contributed by atoms with Gasteiger partial charge in [-0.2, -0.15) is 0 Å². The second kappa shape index (κ2) is 9.01. The van der Waals surface area contributed by atoms with Gasteiger partial charge in [0, 0.05) is 18.7 Å². The fourth-order valence-electron chi connectivity index (χ4n) is 2.42. The fraction of sp³-hybridized carbons (Fsp3) is 0.333. The average Bonchev–Trinajstić information content (AvgIpc) is 3.21. The average molecular weight is 377 g/mol. The number of nitrogens with one attached hydrogen (secondary N) is 2. The predicted octanol–water partition coefficient (Wildman–Crippen LogP) is 3.31.